The van der Waals surface area contributed by atoms with Crippen LogP contribution in [0.3, 0.4) is 0 Å². The Morgan fingerprint density at radius 2 is 1.85 bits per heavy atom. The van der Waals surface area contributed by atoms with Crippen LogP contribution in [0.2, 0.25) is 0 Å². The van der Waals surface area contributed by atoms with Gasteiger partial charge in [-0.05, 0) is 35.4 Å². The number of rotatable bonds is 6. The van der Waals surface area contributed by atoms with Gasteiger partial charge in [0.2, 0.25) is 0 Å². The molecule has 0 radical (unpaired) electrons. The minimum absolute atomic E-state index is 0.639. The smallest absolute Gasteiger partial charge is 0.127 e. The predicted octanol–water partition coefficient (Wildman–Crippen LogP) is 3.78. The second-order valence-corrected chi connectivity index (χ2v) is 6.74. The van der Waals surface area contributed by atoms with Crippen molar-refractivity contribution in [2.45, 2.75) is 6.42 Å². The van der Waals surface area contributed by atoms with E-state index in [2.05, 4.69) is 63.7 Å². The largest absolute Gasteiger partial charge is 0.493 e. The molecule has 0 unspecified atom stereocenters. The van der Waals surface area contributed by atoms with Gasteiger partial charge >= 0.3 is 0 Å². The molecule has 0 aliphatic carbocycles. The van der Waals surface area contributed by atoms with Gasteiger partial charge in [0.05, 0.1) is 6.61 Å². The van der Waals surface area contributed by atoms with Crippen molar-refractivity contribution in [2.75, 3.05) is 37.7 Å². The van der Waals surface area contributed by atoms with Gasteiger partial charge in [-0.25, -0.2) is 0 Å². The van der Waals surface area contributed by atoms with Crippen LogP contribution in [-0.4, -0.2) is 37.8 Å². The molecule has 1 aliphatic heterocycles. The Hall–Kier alpha value is -2.85. The van der Waals surface area contributed by atoms with Crippen molar-refractivity contribution < 1.29 is 4.74 Å². The fraction of sp³-hybridized carbons (Fsp3) is 0.261. The molecule has 1 saturated heterocycles. The van der Waals surface area contributed by atoms with Gasteiger partial charge in [0.15, 0.2) is 0 Å². The number of nitrogens with zero attached hydrogens (tertiary/aromatic N) is 2. The summed E-state index contributed by atoms with van der Waals surface area (Å²) in [5.74, 6) is 0.929. The molecule has 4 nitrogen and oxygen atoms in total. The van der Waals surface area contributed by atoms with Crippen molar-refractivity contribution in [3.63, 3.8) is 0 Å². The average Bonchev–Trinajstić information content (AvgIpc) is 2.76. The first-order valence-corrected chi connectivity index (χ1v) is 9.57. The highest BCUT2D eigenvalue weighted by Gasteiger charge is 2.12. The monoisotopic (exact) mass is 359 g/mol. The standard InChI is InChI=1S/C23H25N3O/c1-2-9-23(27-16-10-19-5-4-11-25-18-19)22(8-1)20-6-3-7-21(17-20)26-14-12-24-13-15-26/h1-9,11,17-18,24H,10,12-16H2. The van der Waals surface area contributed by atoms with Crippen LogP contribution in [0.4, 0.5) is 5.69 Å². The Morgan fingerprint density at radius 3 is 2.70 bits per heavy atom. The minimum Gasteiger partial charge on any atom is -0.493 e. The molecule has 0 bridgehead atoms. The highest BCUT2D eigenvalue weighted by molar-refractivity contribution is 5.73. The molecule has 1 fully saturated rings. The molecule has 27 heavy (non-hydrogen) atoms. The highest BCUT2D eigenvalue weighted by atomic mass is 16.5. The Bertz CT molecular complexity index is 860. The van der Waals surface area contributed by atoms with E-state index in [1.807, 2.05) is 18.3 Å². The van der Waals surface area contributed by atoms with Crippen molar-refractivity contribution in [3.8, 4) is 16.9 Å². The van der Waals surface area contributed by atoms with Gasteiger partial charge in [0.25, 0.3) is 0 Å². The summed E-state index contributed by atoms with van der Waals surface area (Å²) in [5, 5.41) is 3.41. The second-order valence-electron chi connectivity index (χ2n) is 6.74. The van der Waals surface area contributed by atoms with E-state index in [0.29, 0.717) is 6.61 Å². The Balaban J connectivity index is 1.50. The first kappa shape index (κ1) is 17.6. The SMILES string of the molecule is c1cncc(CCOc2ccccc2-c2cccc(N3CCNCC3)c2)c1. The van der Waals surface area contributed by atoms with Crippen LogP contribution < -0.4 is 15.0 Å². The van der Waals surface area contributed by atoms with Gasteiger partial charge in [-0.2, -0.15) is 0 Å². The molecule has 2 heterocycles. The molecule has 1 N–H and O–H groups in total. The lowest BCUT2D eigenvalue weighted by molar-refractivity contribution is 0.323. The molecule has 4 rings (SSSR count). The third-order valence-electron chi connectivity index (χ3n) is 4.90. The van der Waals surface area contributed by atoms with Crippen LogP contribution in [0.15, 0.2) is 73.1 Å². The van der Waals surface area contributed by atoms with Gasteiger partial charge in [0.1, 0.15) is 5.75 Å². The Kier molecular flexibility index (Phi) is 5.65. The van der Waals surface area contributed by atoms with E-state index in [9.17, 15) is 0 Å². The summed E-state index contributed by atoms with van der Waals surface area (Å²) >= 11 is 0. The summed E-state index contributed by atoms with van der Waals surface area (Å²) in [4.78, 5) is 6.60. The zero-order valence-corrected chi connectivity index (χ0v) is 15.5. The first-order valence-electron chi connectivity index (χ1n) is 9.57. The molecular formula is C23H25N3O. The summed E-state index contributed by atoms with van der Waals surface area (Å²) in [6, 6.07) is 21.1. The number of hydrogen-bond donors (Lipinski definition) is 1. The van der Waals surface area contributed by atoms with Crippen LogP contribution in [0.1, 0.15) is 5.56 Å². The number of aromatic nitrogens is 1. The summed E-state index contributed by atoms with van der Waals surface area (Å²) in [6.07, 6.45) is 4.54. The van der Waals surface area contributed by atoms with Crippen LogP contribution in [0.5, 0.6) is 5.75 Å². The molecule has 3 aromatic rings. The summed E-state index contributed by atoms with van der Waals surface area (Å²) < 4.78 is 6.13. The van der Waals surface area contributed by atoms with E-state index in [1.165, 1.54) is 16.8 Å². The third kappa shape index (κ3) is 4.47. The van der Waals surface area contributed by atoms with E-state index in [0.717, 1.165) is 43.9 Å². The van der Waals surface area contributed by atoms with Gasteiger partial charge < -0.3 is 15.0 Å². The summed E-state index contributed by atoms with van der Waals surface area (Å²) in [7, 11) is 0. The van der Waals surface area contributed by atoms with E-state index >= 15 is 0 Å². The van der Waals surface area contributed by atoms with Crippen LogP contribution >= 0.6 is 0 Å². The van der Waals surface area contributed by atoms with Gasteiger partial charge in [0, 0.05) is 56.2 Å². The molecule has 1 aliphatic rings. The molecule has 4 heteroatoms. The Morgan fingerprint density at radius 1 is 0.963 bits per heavy atom. The molecular weight excluding hydrogens is 334 g/mol. The maximum atomic E-state index is 6.13. The number of piperazine rings is 1. The predicted molar refractivity (Wildman–Crippen MR) is 110 cm³/mol. The normalized spacial score (nSPS) is 14.1. The van der Waals surface area contributed by atoms with Crippen molar-refractivity contribution in [1.29, 1.82) is 0 Å². The van der Waals surface area contributed by atoms with Crippen LogP contribution in [0.25, 0.3) is 11.1 Å². The number of nitrogens with one attached hydrogen (secondary N) is 1. The molecule has 1 aromatic heterocycles. The molecule has 0 saturated carbocycles. The van der Waals surface area contributed by atoms with E-state index < -0.39 is 0 Å². The number of para-hydroxylation sites is 1. The zero-order chi connectivity index (χ0) is 18.3. The average molecular weight is 359 g/mol. The fourth-order valence-electron chi connectivity index (χ4n) is 3.45. The lowest BCUT2D eigenvalue weighted by Crippen LogP contribution is -2.43. The third-order valence-corrected chi connectivity index (χ3v) is 4.90. The lowest BCUT2D eigenvalue weighted by atomic mass is 10.0. The molecule has 0 spiro atoms. The van der Waals surface area contributed by atoms with Crippen LogP contribution in [-0.2, 0) is 6.42 Å². The van der Waals surface area contributed by atoms with Crippen molar-refractivity contribution in [3.05, 3.63) is 78.6 Å². The quantitative estimate of drug-likeness (QED) is 0.727. The molecule has 2 aromatic carbocycles. The maximum Gasteiger partial charge on any atom is 0.127 e. The van der Waals surface area contributed by atoms with Crippen molar-refractivity contribution >= 4 is 5.69 Å². The van der Waals surface area contributed by atoms with E-state index in [-0.39, 0.29) is 0 Å². The lowest BCUT2D eigenvalue weighted by Gasteiger charge is -2.29. The van der Waals surface area contributed by atoms with Gasteiger partial charge in [-0.3, -0.25) is 4.98 Å². The van der Waals surface area contributed by atoms with Crippen molar-refractivity contribution in [1.82, 2.24) is 10.3 Å². The number of anilines is 1. The van der Waals surface area contributed by atoms with E-state index in [1.54, 1.807) is 6.20 Å². The number of ether oxygens (including phenoxy) is 1. The molecule has 138 valence electrons. The fourth-order valence-corrected chi connectivity index (χ4v) is 3.45. The Labute approximate surface area is 160 Å². The first-order chi connectivity index (χ1) is 13.4. The maximum absolute atomic E-state index is 6.13. The zero-order valence-electron chi connectivity index (χ0n) is 15.5. The van der Waals surface area contributed by atoms with Gasteiger partial charge in [-0.1, -0.05) is 36.4 Å². The van der Waals surface area contributed by atoms with Crippen LogP contribution in [0, 0.1) is 0 Å². The number of hydrogen-bond acceptors (Lipinski definition) is 4. The molecule has 0 atom stereocenters. The number of benzene rings is 2. The van der Waals surface area contributed by atoms with Gasteiger partial charge in [-0.15, -0.1) is 0 Å². The molecule has 0 amide bonds. The van der Waals surface area contributed by atoms with E-state index in [4.69, 9.17) is 4.74 Å². The minimum atomic E-state index is 0.639. The summed E-state index contributed by atoms with van der Waals surface area (Å²) in [6.45, 7) is 4.82. The van der Waals surface area contributed by atoms with Crippen molar-refractivity contribution in [2.24, 2.45) is 0 Å². The summed E-state index contributed by atoms with van der Waals surface area (Å²) in [5.41, 5.74) is 4.80. The topological polar surface area (TPSA) is 37.4 Å². The number of pyridine rings is 1. The highest BCUT2D eigenvalue weighted by Crippen LogP contribution is 2.32. The second kappa shape index (κ2) is 8.69.